The summed E-state index contributed by atoms with van der Waals surface area (Å²) in [6.45, 7) is 0.573. The fraction of sp³-hybridized carbons (Fsp3) is 0.300. The molecule has 1 amide bonds. The molecule has 0 aliphatic carbocycles. The van der Waals surface area contributed by atoms with Gasteiger partial charge >= 0.3 is 0 Å². The van der Waals surface area contributed by atoms with E-state index in [1.165, 1.54) is 0 Å². The average molecular weight is 264 g/mol. The molecular weight excluding hydrogens is 253 g/mol. The molecule has 1 aromatic rings. The Morgan fingerprint density at radius 2 is 2.07 bits per heavy atom. The first-order valence-corrected chi connectivity index (χ1v) is 5.84. The maximum Gasteiger partial charge on any atom is 0.224 e. The lowest BCUT2D eigenvalue weighted by Crippen LogP contribution is -2.26. The fourth-order valence-electron chi connectivity index (χ4n) is 1.09. The van der Waals surface area contributed by atoms with Crippen LogP contribution < -0.4 is 5.32 Å². The molecule has 0 spiro atoms. The van der Waals surface area contributed by atoms with Gasteiger partial charge in [-0.3, -0.25) is 4.79 Å². The minimum Gasteiger partial charge on any atom is -0.355 e. The Hall–Kier alpha value is -0.380. The molecule has 0 atom stereocenters. The van der Waals surface area contributed by atoms with Crippen LogP contribution in [0.25, 0.3) is 0 Å². The van der Waals surface area contributed by atoms with Crippen LogP contribution in [0.3, 0.4) is 0 Å². The van der Waals surface area contributed by atoms with Crippen molar-refractivity contribution in [2.24, 2.45) is 0 Å². The van der Waals surface area contributed by atoms with E-state index < -0.39 is 0 Å². The third-order valence-electron chi connectivity index (χ3n) is 1.78. The van der Waals surface area contributed by atoms with Crippen LogP contribution >= 0.6 is 35.8 Å². The molecule has 0 radical (unpaired) electrons. The molecule has 0 unspecified atom stereocenters. The van der Waals surface area contributed by atoms with E-state index in [1.807, 2.05) is 0 Å². The number of rotatable bonds is 4. The number of nitrogens with one attached hydrogen (secondary N) is 1. The Morgan fingerprint density at radius 3 is 2.67 bits per heavy atom. The summed E-state index contributed by atoms with van der Waals surface area (Å²) >= 11 is 15.6. The molecule has 1 aromatic carbocycles. The highest BCUT2D eigenvalue weighted by molar-refractivity contribution is 7.80. The molecule has 0 fully saturated rings. The summed E-state index contributed by atoms with van der Waals surface area (Å²) in [4.78, 5) is 11.3. The van der Waals surface area contributed by atoms with Gasteiger partial charge in [-0.05, 0) is 17.7 Å². The second-order valence-electron chi connectivity index (χ2n) is 3.00. The van der Waals surface area contributed by atoms with Crippen LogP contribution in [-0.2, 0) is 11.2 Å². The van der Waals surface area contributed by atoms with Gasteiger partial charge in [-0.2, -0.15) is 12.6 Å². The molecule has 0 aliphatic rings. The summed E-state index contributed by atoms with van der Waals surface area (Å²) in [5.74, 6) is 0.593. The van der Waals surface area contributed by atoms with Gasteiger partial charge in [-0.25, -0.2) is 0 Å². The molecule has 2 nitrogen and oxygen atoms in total. The molecule has 0 saturated heterocycles. The summed E-state index contributed by atoms with van der Waals surface area (Å²) in [7, 11) is 0. The SMILES string of the molecule is O=C(Cc1ccc(Cl)c(Cl)c1)NCCS. The number of hydrogen-bond acceptors (Lipinski definition) is 2. The summed E-state index contributed by atoms with van der Waals surface area (Å²) in [6.07, 6.45) is 0.310. The third kappa shape index (κ3) is 4.33. The van der Waals surface area contributed by atoms with Crippen LogP contribution in [0.1, 0.15) is 5.56 Å². The lowest BCUT2D eigenvalue weighted by Gasteiger charge is -2.04. The molecule has 0 aliphatic heterocycles. The first-order chi connectivity index (χ1) is 7.13. The van der Waals surface area contributed by atoms with Gasteiger partial charge in [0, 0.05) is 12.3 Å². The van der Waals surface area contributed by atoms with E-state index in [-0.39, 0.29) is 5.91 Å². The zero-order valence-electron chi connectivity index (χ0n) is 7.96. The van der Waals surface area contributed by atoms with Crippen molar-refractivity contribution in [3.05, 3.63) is 33.8 Å². The zero-order chi connectivity index (χ0) is 11.3. The van der Waals surface area contributed by atoms with Gasteiger partial charge in [0.05, 0.1) is 16.5 Å². The van der Waals surface area contributed by atoms with Crippen molar-refractivity contribution in [1.29, 1.82) is 0 Å². The number of carbonyl (C=O) groups is 1. The smallest absolute Gasteiger partial charge is 0.224 e. The lowest BCUT2D eigenvalue weighted by atomic mass is 10.1. The van der Waals surface area contributed by atoms with Crippen molar-refractivity contribution in [3.63, 3.8) is 0 Å². The van der Waals surface area contributed by atoms with Gasteiger partial charge in [0.25, 0.3) is 0 Å². The normalized spacial score (nSPS) is 10.1. The molecule has 1 N–H and O–H groups in total. The number of hydrogen-bond donors (Lipinski definition) is 2. The van der Waals surface area contributed by atoms with Crippen molar-refractivity contribution >= 4 is 41.7 Å². The van der Waals surface area contributed by atoms with Crippen LogP contribution in [-0.4, -0.2) is 18.2 Å². The number of thiol groups is 1. The number of benzene rings is 1. The second kappa shape index (κ2) is 6.26. The topological polar surface area (TPSA) is 29.1 Å². The summed E-state index contributed by atoms with van der Waals surface area (Å²) in [5, 5.41) is 3.69. The van der Waals surface area contributed by atoms with Gasteiger partial charge in [0.15, 0.2) is 0 Å². The molecule has 5 heteroatoms. The van der Waals surface area contributed by atoms with E-state index in [1.54, 1.807) is 18.2 Å². The standard InChI is InChI=1S/C10H11Cl2NOS/c11-8-2-1-7(5-9(8)12)6-10(14)13-3-4-15/h1-2,5,15H,3-4,6H2,(H,13,14). The van der Waals surface area contributed by atoms with Gasteiger partial charge in [-0.15, -0.1) is 0 Å². The third-order valence-corrected chi connectivity index (χ3v) is 2.75. The van der Waals surface area contributed by atoms with Gasteiger partial charge in [-0.1, -0.05) is 29.3 Å². The van der Waals surface area contributed by atoms with Gasteiger partial charge < -0.3 is 5.32 Å². The van der Waals surface area contributed by atoms with Crippen molar-refractivity contribution in [2.45, 2.75) is 6.42 Å². The average Bonchev–Trinajstić information content (AvgIpc) is 2.20. The highest BCUT2D eigenvalue weighted by atomic mass is 35.5. The molecule has 1 rings (SSSR count). The van der Waals surface area contributed by atoms with E-state index in [0.29, 0.717) is 28.8 Å². The Balaban J connectivity index is 2.57. The Morgan fingerprint density at radius 1 is 1.33 bits per heavy atom. The van der Waals surface area contributed by atoms with E-state index in [4.69, 9.17) is 23.2 Å². The van der Waals surface area contributed by atoms with Gasteiger partial charge in [0.2, 0.25) is 5.91 Å². The maximum atomic E-state index is 11.3. The van der Waals surface area contributed by atoms with Crippen LogP contribution in [0.15, 0.2) is 18.2 Å². The van der Waals surface area contributed by atoms with E-state index >= 15 is 0 Å². The van der Waals surface area contributed by atoms with Crippen LogP contribution in [0.5, 0.6) is 0 Å². The first kappa shape index (κ1) is 12.7. The largest absolute Gasteiger partial charge is 0.355 e. The van der Waals surface area contributed by atoms with Crippen molar-refractivity contribution in [3.8, 4) is 0 Å². The van der Waals surface area contributed by atoms with E-state index in [9.17, 15) is 4.79 Å². The second-order valence-corrected chi connectivity index (χ2v) is 4.26. The predicted molar refractivity (Wildman–Crippen MR) is 67.0 cm³/mol. The fourth-order valence-corrected chi connectivity index (χ4v) is 1.53. The predicted octanol–water partition coefficient (Wildman–Crippen LogP) is 2.58. The van der Waals surface area contributed by atoms with Crippen LogP contribution in [0.2, 0.25) is 10.0 Å². The van der Waals surface area contributed by atoms with E-state index in [0.717, 1.165) is 5.56 Å². The summed E-state index contributed by atoms with van der Waals surface area (Å²) < 4.78 is 0. The summed E-state index contributed by atoms with van der Waals surface area (Å²) in [6, 6.07) is 5.17. The molecular formula is C10H11Cl2NOS. The Bertz CT molecular complexity index is 357. The van der Waals surface area contributed by atoms with Crippen molar-refractivity contribution in [1.82, 2.24) is 5.32 Å². The minimum absolute atomic E-state index is 0.0394. The molecule has 0 saturated carbocycles. The van der Waals surface area contributed by atoms with Gasteiger partial charge in [0.1, 0.15) is 0 Å². The Kier molecular flexibility index (Phi) is 5.29. The number of amides is 1. The van der Waals surface area contributed by atoms with Crippen LogP contribution in [0.4, 0.5) is 0 Å². The molecule has 0 bridgehead atoms. The molecule has 0 aromatic heterocycles. The molecule has 82 valence electrons. The van der Waals surface area contributed by atoms with E-state index in [2.05, 4.69) is 17.9 Å². The van der Waals surface area contributed by atoms with Crippen LogP contribution in [0, 0.1) is 0 Å². The maximum absolute atomic E-state index is 11.3. The summed E-state index contributed by atoms with van der Waals surface area (Å²) in [5.41, 5.74) is 0.848. The molecule has 0 heterocycles. The minimum atomic E-state index is -0.0394. The monoisotopic (exact) mass is 263 g/mol. The number of halogens is 2. The molecule has 15 heavy (non-hydrogen) atoms. The highest BCUT2D eigenvalue weighted by Crippen LogP contribution is 2.22. The lowest BCUT2D eigenvalue weighted by molar-refractivity contribution is -0.120. The quantitative estimate of drug-likeness (QED) is 0.804. The number of carbonyl (C=O) groups excluding carboxylic acids is 1. The highest BCUT2D eigenvalue weighted by Gasteiger charge is 2.04. The van der Waals surface area contributed by atoms with Crippen molar-refractivity contribution in [2.75, 3.05) is 12.3 Å². The first-order valence-electron chi connectivity index (χ1n) is 4.45. The van der Waals surface area contributed by atoms with Crippen molar-refractivity contribution < 1.29 is 4.79 Å². The zero-order valence-corrected chi connectivity index (χ0v) is 10.4. The Labute approximate surface area is 104 Å².